The average Bonchev–Trinajstić information content (AvgIpc) is 2.30. The van der Waals surface area contributed by atoms with Gasteiger partial charge in [0, 0.05) is 12.1 Å². The Hall–Kier alpha value is -0.0800. The van der Waals surface area contributed by atoms with Gasteiger partial charge in [-0.3, -0.25) is 4.90 Å². The Labute approximate surface area is 113 Å². The van der Waals surface area contributed by atoms with Gasteiger partial charge in [-0.15, -0.1) is 0 Å². The van der Waals surface area contributed by atoms with Crippen molar-refractivity contribution >= 4 is 0 Å². The normalized spacial score (nSPS) is 40.0. The number of nitrogens with zero attached hydrogens (tertiary/aromatic N) is 1. The zero-order valence-corrected chi connectivity index (χ0v) is 12.6. The predicted molar refractivity (Wildman–Crippen MR) is 78.5 cm³/mol. The van der Waals surface area contributed by atoms with E-state index in [0.29, 0.717) is 12.1 Å². The van der Waals surface area contributed by atoms with Gasteiger partial charge in [0.25, 0.3) is 0 Å². The number of piperidine rings is 1. The molecule has 2 nitrogen and oxygen atoms in total. The summed E-state index contributed by atoms with van der Waals surface area (Å²) in [5, 5.41) is 0. The van der Waals surface area contributed by atoms with Gasteiger partial charge in [-0.2, -0.15) is 0 Å². The van der Waals surface area contributed by atoms with Gasteiger partial charge in [-0.25, -0.2) is 0 Å². The fraction of sp³-hybridized carbons (Fsp3) is 1.00. The Kier molecular flexibility index (Phi) is 5.08. The monoisotopic (exact) mass is 252 g/mol. The Balaban J connectivity index is 1.88. The van der Waals surface area contributed by atoms with Gasteiger partial charge >= 0.3 is 0 Å². The van der Waals surface area contributed by atoms with Crippen molar-refractivity contribution in [2.24, 2.45) is 23.5 Å². The van der Waals surface area contributed by atoms with Crippen LogP contribution in [0.2, 0.25) is 0 Å². The third-order valence-corrected chi connectivity index (χ3v) is 5.24. The number of hydrogen-bond acceptors (Lipinski definition) is 2. The van der Waals surface area contributed by atoms with Crippen LogP contribution >= 0.6 is 0 Å². The van der Waals surface area contributed by atoms with E-state index in [4.69, 9.17) is 5.73 Å². The van der Waals surface area contributed by atoms with Gasteiger partial charge in [-0.1, -0.05) is 33.6 Å². The highest BCUT2D eigenvalue weighted by Crippen LogP contribution is 2.34. The highest BCUT2D eigenvalue weighted by molar-refractivity contribution is 4.93. The first-order valence-corrected chi connectivity index (χ1v) is 8.11. The fourth-order valence-corrected chi connectivity index (χ4v) is 4.48. The lowest BCUT2D eigenvalue weighted by molar-refractivity contribution is 0.0462. The molecule has 0 aromatic carbocycles. The first-order chi connectivity index (χ1) is 8.61. The van der Waals surface area contributed by atoms with E-state index in [1.807, 2.05) is 0 Å². The molecule has 1 saturated heterocycles. The summed E-state index contributed by atoms with van der Waals surface area (Å²) >= 11 is 0. The number of rotatable bonds is 3. The van der Waals surface area contributed by atoms with Crippen molar-refractivity contribution in [1.29, 1.82) is 0 Å². The van der Waals surface area contributed by atoms with Crippen molar-refractivity contribution in [2.75, 3.05) is 13.1 Å². The molecule has 1 aliphatic heterocycles. The number of hydrogen-bond donors (Lipinski definition) is 1. The highest BCUT2D eigenvalue weighted by Gasteiger charge is 2.36. The standard InChI is InChI=1S/C16H32N2/c1-4-5-14-6-8-18(9-7-14)16-13(3)10-12(2)11-15(16)17/h12-16H,4-11,17H2,1-3H3. The molecule has 1 aliphatic carbocycles. The molecule has 4 unspecified atom stereocenters. The second-order valence-corrected chi connectivity index (χ2v) is 6.98. The van der Waals surface area contributed by atoms with Crippen LogP contribution in [0.25, 0.3) is 0 Å². The van der Waals surface area contributed by atoms with Crippen molar-refractivity contribution in [3.63, 3.8) is 0 Å². The highest BCUT2D eigenvalue weighted by atomic mass is 15.2. The fourth-order valence-electron chi connectivity index (χ4n) is 4.48. The van der Waals surface area contributed by atoms with Gasteiger partial charge < -0.3 is 5.73 Å². The second-order valence-electron chi connectivity index (χ2n) is 6.98. The lowest BCUT2D eigenvalue weighted by Crippen LogP contribution is -2.56. The third kappa shape index (κ3) is 3.27. The maximum atomic E-state index is 6.44. The van der Waals surface area contributed by atoms with Crippen molar-refractivity contribution in [2.45, 2.75) is 71.4 Å². The molecular weight excluding hydrogens is 220 g/mol. The molecule has 106 valence electrons. The molecule has 0 radical (unpaired) electrons. The van der Waals surface area contributed by atoms with Crippen LogP contribution in [0.5, 0.6) is 0 Å². The SMILES string of the molecule is CCCC1CCN(C2C(C)CC(C)CC2N)CC1. The molecule has 0 bridgehead atoms. The summed E-state index contributed by atoms with van der Waals surface area (Å²) in [6.45, 7) is 9.68. The van der Waals surface area contributed by atoms with E-state index in [1.165, 1.54) is 51.6 Å². The van der Waals surface area contributed by atoms with Crippen LogP contribution in [0.3, 0.4) is 0 Å². The van der Waals surface area contributed by atoms with Crippen molar-refractivity contribution < 1.29 is 0 Å². The van der Waals surface area contributed by atoms with Crippen LogP contribution in [0.15, 0.2) is 0 Å². The molecule has 1 saturated carbocycles. The van der Waals surface area contributed by atoms with E-state index < -0.39 is 0 Å². The van der Waals surface area contributed by atoms with E-state index in [0.717, 1.165) is 17.8 Å². The molecule has 2 aliphatic rings. The lowest BCUT2D eigenvalue weighted by Gasteiger charge is -2.47. The summed E-state index contributed by atoms with van der Waals surface area (Å²) in [6, 6.07) is 1.07. The van der Waals surface area contributed by atoms with Gasteiger partial charge in [0.15, 0.2) is 0 Å². The molecular formula is C16H32N2. The summed E-state index contributed by atoms with van der Waals surface area (Å²) in [5.74, 6) is 2.59. The number of likely N-dealkylation sites (tertiary alicyclic amines) is 1. The van der Waals surface area contributed by atoms with E-state index in [-0.39, 0.29) is 0 Å². The zero-order chi connectivity index (χ0) is 13.1. The van der Waals surface area contributed by atoms with Gasteiger partial charge in [0.1, 0.15) is 0 Å². The van der Waals surface area contributed by atoms with Gasteiger partial charge in [-0.05, 0) is 56.5 Å². The Morgan fingerprint density at radius 3 is 2.33 bits per heavy atom. The molecule has 0 amide bonds. The number of nitrogens with two attached hydrogens (primary N) is 1. The topological polar surface area (TPSA) is 29.3 Å². The summed E-state index contributed by atoms with van der Waals surface area (Å²) in [5.41, 5.74) is 6.44. The largest absolute Gasteiger partial charge is 0.326 e. The first-order valence-electron chi connectivity index (χ1n) is 8.11. The third-order valence-electron chi connectivity index (χ3n) is 5.24. The predicted octanol–water partition coefficient (Wildman–Crippen LogP) is 3.26. The molecule has 2 heteroatoms. The molecule has 18 heavy (non-hydrogen) atoms. The van der Waals surface area contributed by atoms with Crippen LogP contribution in [-0.4, -0.2) is 30.1 Å². The Morgan fingerprint density at radius 2 is 1.78 bits per heavy atom. The quantitative estimate of drug-likeness (QED) is 0.835. The molecule has 0 spiro atoms. The van der Waals surface area contributed by atoms with Crippen LogP contribution in [0, 0.1) is 17.8 Å². The van der Waals surface area contributed by atoms with Crippen molar-refractivity contribution in [1.82, 2.24) is 4.90 Å². The molecule has 1 heterocycles. The molecule has 0 aromatic rings. The molecule has 2 rings (SSSR count). The first kappa shape index (κ1) is 14.3. The molecule has 2 N–H and O–H groups in total. The zero-order valence-electron chi connectivity index (χ0n) is 12.6. The minimum absolute atomic E-state index is 0.409. The summed E-state index contributed by atoms with van der Waals surface area (Å²) in [7, 11) is 0. The average molecular weight is 252 g/mol. The van der Waals surface area contributed by atoms with Crippen molar-refractivity contribution in [3.05, 3.63) is 0 Å². The minimum Gasteiger partial charge on any atom is -0.326 e. The van der Waals surface area contributed by atoms with Gasteiger partial charge in [0.05, 0.1) is 0 Å². The van der Waals surface area contributed by atoms with Crippen LogP contribution in [-0.2, 0) is 0 Å². The van der Waals surface area contributed by atoms with Crippen LogP contribution < -0.4 is 5.73 Å². The Bertz CT molecular complexity index is 233. The molecule has 0 aromatic heterocycles. The summed E-state index contributed by atoms with van der Waals surface area (Å²) < 4.78 is 0. The van der Waals surface area contributed by atoms with E-state index >= 15 is 0 Å². The van der Waals surface area contributed by atoms with E-state index in [2.05, 4.69) is 25.7 Å². The maximum absolute atomic E-state index is 6.44. The molecule has 2 fully saturated rings. The van der Waals surface area contributed by atoms with Crippen molar-refractivity contribution in [3.8, 4) is 0 Å². The second kappa shape index (κ2) is 6.38. The summed E-state index contributed by atoms with van der Waals surface area (Å²) in [4.78, 5) is 2.72. The van der Waals surface area contributed by atoms with Crippen LogP contribution in [0.1, 0.15) is 59.3 Å². The summed E-state index contributed by atoms with van der Waals surface area (Å²) in [6.07, 6.45) is 8.18. The van der Waals surface area contributed by atoms with Gasteiger partial charge in [0.2, 0.25) is 0 Å². The van der Waals surface area contributed by atoms with E-state index in [9.17, 15) is 0 Å². The van der Waals surface area contributed by atoms with E-state index in [1.54, 1.807) is 0 Å². The molecule has 4 atom stereocenters. The minimum atomic E-state index is 0.409. The smallest absolute Gasteiger partial charge is 0.0272 e. The lowest BCUT2D eigenvalue weighted by atomic mass is 9.75. The van der Waals surface area contributed by atoms with Crippen LogP contribution in [0.4, 0.5) is 0 Å². The maximum Gasteiger partial charge on any atom is 0.0272 e. The Morgan fingerprint density at radius 1 is 1.11 bits per heavy atom.